The summed E-state index contributed by atoms with van der Waals surface area (Å²) >= 11 is 10.8. The minimum Gasteiger partial charge on any atom is -0.248 e. The van der Waals surface area contributed by atoms with Crippen molar-refractivity contribution in [2.45, 2.75) is 9.92 Å². The van der Waals surface area contributed by atoms with E-state index >= 15 is 0 Å². The molecule has 0 fully saturated rings. The molecule has 2 aromatic rings. The lowest BCUT2D eigenvalue weighted by Gasteiger charge is -2.05. The van der Waals surface area contributed by atoms with Crippen LogP contribution in [-0.2, 0) is 0 Å². The van der Waals surface area contributed by atoms with Crippen molar-refractivity contribution in [2.24, 2.45) is 0 Å². The van der Waals surface area contributed by atoms with Gasteiger partial charge in [0.2, 0.25) is 0 Å². The Hall–Kier alpha value is -1.02. The number of nitriles is 1. The highest BCUT2D eigenvalue weighted by molar-refractivity contribution is 9.10. The Bertz CT molecular complexity index is 595. The lowest BCUT2D eigenvalue weighted by atomic mass is 10.2. The minimum atomic E-state index is 0.585. The summed E-state index contributed by atoms with van der Waals surface area (Å²) in [7, 11) is 0. The molecule has 0 unspecified atom stereocenters. The summed E-state index contributed by atoms with van der Waals surface area (Å²) in [4.78, 5) is 5.02. The van der Waals surface area contributed by atoms with Crippen molar-refractivity contribution < 1.29 is 0 Å². The normalized spacial score (nSPS) is 9.94. The van der Waals surface area contributed by atoms with Crippen LogP contribution >= 0.6 is 39.3 Å². The van der Waals surface area contributed by atoms with E-state index in [9.17, 15) is 0 Å². The van der Waals surface area contributed by atoms with Crippen LogP contribution in [-0.4, -0.2) is 4.98 Å². The van der Waals surface area contributed by atoms with Gasteiger partial charge in [0, 0.05) is 15.6 Å². The molecular weight excluding hydrogens is 320 g/mol. The molecule has 1 aromatic heterocycles. The third-order valence-corrected chi connectivity index (χ3v) is 4.18. The van der Waals surface area contributed by atoms with E-state index in [1.54, 1.807) is 18.3 Å². The molecule has 0 radical (unpaired) electrons. The highest BCUT2D eigenvalue weighted by atomic mass is 79.9. The lowest BCUT2D eigenvalue weighted by molar-refractivity contribution is 1.13. The fourth-order valence-corrected chi connectivity index (χ4v) is 2.96. The van der Waals surface area contributed by atoms with Crippen LogP contribution in [0.25, 0.3) is 0 Å². The highest BCUT2D eigenvalue weighted by Crippen LogP contribution is 2.35. The fourth-order valence-electron chi connectivity index (χ4n) is 1.25. The maximum atomic E-state index is 9.10. The van der Waals surface area contributed by atoms with Crippen molar-refractivity contribution in [1.29, 1.82) is 5.26 Å². The van der Waals surface area contributed by atoms with Gasteiger partial charge in [-0.25, -0.2) is 4.98 Å². The van der Waals surface area contributed by atoms with Crippen molar-refractivity contribution in [3.8, 4) is 6.07 Å². The van der Waals surface area contributed by atoms with Gasteiger partial charge in [-0.3, -0.25) is 0 Å². The molecule has 0 amide bonds. The van der Waals surface area contributed by atoms with Crippen LogP contribution < -0.4 is 0 Å². The summed E-state index contributed by atoms with van der Waals surface area (Å²) in [5.41, 5.74) is 0.596. The van der Waals surface area contributed by atoms with Crippen molar-refractivity contribution in [2.75, 3.05) is 0 Å². The van der Waals surface area contributed by atoms with Gasteiger partial charge in [-0.2, -0.15) is 5.26 Å². The van der Waals surface area contributed by atoms with E-state index in [4.69, 9.17) is 16.9 Å². The van der Waals surface area contributed by atoms with Crippen LogP contribution in [0.4, 0.5) is 0 Å². The van der Waals surface area contributed by atoms with Crippen LogP contribution in [0.2, 0.25) is 5.02 Å². The summed E-state index contributed by atoms with van der Waals surface area (Å²) in [6, 6.07) is 11.3. The number of nitrogens with zero attached hydrogens (tertiary/aromatic N) is 2. The number of aromatic nitrogens is 1. The first kappa shape index (κ1) is 12.4. The van der Waals surface area contributed by atoms with Gasteiger partial charge < -0.3 is 0 Å². The molecule has 1 aromatic carbocycles. The number of pyridine rings is 1. The smallest absolute Gasteiger partial charge is 0.119 e. The summed E-state index contributed by atoms with van der Waals surface area (Å²) < 4.78 is 0.775. The number of halogens is 2. The second-order valence-corrected chi connectivity index (χ2v) is 5.41. The van der Waals surface area contributed by atoms with E-state index in [1.807, 2.05) is 18.2 Å². The number of rotatable bonds is 2. The Labute approximate surface area is 117 Å². The Morgan fingerprint density at radius 1 is 1.29 bits per heavy atom. The van der Waals surface area contributed by atoms with Gasteiger partial charge in [0.25, 0.3) is 0 Å². The van der Waals surface area contributed by atoms with Crippen LogP contribution in [0.5, 0.6) is 0 Å². The topological polar surface area (TPSA) is 36.7 Å². The molecule has 0 aliphatic rings. The van der Waals surface area contributed by atoms with E-state index < -0.39 is 0 Å². The predicted octanol–water partition coefficient (Wildman–Crippen LogP) is 4.52. The number of hydrogen-bond donors (Lipinski definition) is 0. The molecule has 84 valence electrons. The molecule has 0 spiro atoms. The van der Waals surface area contributed by atoms with Crippen molar-refractivity contribution >= 4 is 39.3 Å². The molecule has 2 rings (SSSR count). The summed E-state index contributed by atoms with van der Waals surface area (Å²) in [6.07, 6.45) is 1.68. The summed E-state index contributed by atoms with van der Waals surface area (Å²) in [5, 5.41) is 10.4. The Morgan fingerprint density at radius 3 is 2.82 bits per heavy atom. The molecule has 0 aliphatic heterocycles. The van der Waals surface area contributed by atoms with Gasteiger partial charge in [0.05, 0.1) is 10.6 Å². The molecule has 0 aliphatic carbocycles. The Morgan fingerprint density at radius 2 is 2.12 bits per heavy atom. The molecule has 0 saturated heterocycles. The largest absolute Gasteiger partial charge is 0.248 e. The molecule has 0 atom stereocenters. The maximum absolute atomic E-state index is 9.10. The average molecular weight is 326 g/mol. The third-order valence-electron chi connectivity index (χ3n) is 2.02. The van der Waals surface area contributed by atoms with Crippen LogP contribution in [0.1, 0.15) is 5.56 Å². The zero-order valence-corrected chi connectivity index (χ0v) is 11.7. The minimum absolute atomic E-state index is 0.585. The van der Waals surface area contributed by atoms with Crippen molar-refractivity contribution in [3.05, 3.63) is 51.6 Å². The van der Waals surface area contributed by atoms with E-state index in [0.717, 1.165) is 9.37 Å². The maximum Gasteiger partial charge on any atom is 0.119 e. The SMILES string of the molecule is N#Cc1c(Br)cccc1Sc1ncccc1Cl. The Kier molecular flexibility index (Phi) is 4.06. The second kappa shape index (κ2) is 5.54. The first-order valence-corrected chi connectivity index (χ1v) is 6.68. The van der Waals surface area contributed by atoms with Gasteiger partial charge in [-0.05, 0) is 40.2 Å². The quantitative estimate of drug-likeness (QED) is 0.814. The zero-order chi connectivity index (χ0) is 12.3. The number of benzene rings is 1. The molecule has 0 bridgehead atoms. The van der Waals surface area contributed by atoms with Crippen molar-refractivity contribution in [3.63, 3.8) is 0 Å². The van der Waals surface area contributed by atoms with Gasteiger partial charge in [-0.15, -0.1) is 0 Å². The number of hydrogen-bond acceptors (Lipinski definition) is 3. The average Bonchev–Trinajstić information content (AvgIpc) is 2.32. The Balaban J connectivity index is 2.41. The van der Waals surface area contributed by atoms with E-state index in [0.29, 0.717) is 15.6 Å². The third kappa shape index (κ3) is 2.81. The molecule has 2 nitrogen and oxygen atoms in total. The molecule has 0 N–H and O–H groups in total. The molecule has 1 heterocycles. The fraction of sp³-hybridized carbons (Fsp3) is 0. The summed E-state index contributed by atoms with van der Waals surface area (Å²) in [5.74, 6) is 0. The van der Waals surface area contributed by atoms with Crippen LogP contribution in [0.3, 0.4) is 0 Å². The van der Waals surface area contributed by atoms with Gasteiger partial charge in [0.15, 0.2) is 0 Å². The van der Waals surface area contributed by atoms with E-state index in [-0.39, 0.29) is 0 Å². The monoisotopic (exact) mass is 324 g/mol. The zero-order valence-electron chi connectivity index (χ0n) is 8.52. The molecule has 0 saturated carbocycles. The van der Waals surface area contributed by atoms with Crippen LogP contribution in [0.15, 0.2) is 50.9 Å². The standard InChI is InChI=1S/C12H6BrClN2S/c13-9-3-1-5-11(8(9)7-15)17-12-10(14)4-2-6-16-12/h1-6H. The highest BCUT2D eigenvalue weighted by Gasteiger charge is 2.10. The first-order valence-electron chi connectivity index (χ1n) is 4.69. The van der Waals surface area contributed by atoms with E-state index in [2.05, 4.69) is 27.0 Å². The first-order chi connectivity index (χ1) is 8.22. The van der Waals surface area contributed by atoms with Crippen LogP contribution in [0, 0.1) is 11.3 Å². The van der Waals surface area contributed by atoms with E-state index in [1.165, 1.54) is 11.8 Å². The molecule has 17 heavy (non-hydrogen) atoms. The van der Waals surface area contributed by atoms with Gasteiger partial charge in [0.1, 0.15) is 11.1 Å². The van der Waals surface area contributed by atoms with Crippen molar-refractivity contribution in [1.82, 2.24) is 4.98 Å². The van der Waals surface area contributed by atoms with Gasteiger partial charge in [-0.1, -0.05) is 29.4 Å². The molecular formula is C12H6BrClN2S. The predicted molar refractivity (Wildman–Crippen MR) is 72.2 cm³/mol. The molecule has 5 heteroatoms. The summed E-state index contributed by atoms with van der Waals surface area (Å²) in [6.45, 7) is 0. The lowest BCUT2D eigenvalue weighted by Crippen LogP contribution is -1.85. The second-order valence-electron chi connectivity index (χ2n) is 3.12. The van der Waals surface area contributed by atoms with Gasteiger partial charge >= 0.3 is 0 Å².